The molecule has 7 nitrogen and oxygen atoms in total. The molecule has 24 heavy (non-hydrogen) atoms. The van der Waals surface area contributed by atoms with Crippen molar-refractivity contribution >= 4 is 5.91 Å². The molecule has 7 heteroatoms. The van der Waals surface area contributed by atoms with Gasteiger partial charge in [-0.15, -0.1) is 0 Å². The first kappa shape index (κ1) is 16.4. The molecule has 1 atom stereocenters. The molecule has 3 rings (SSSR count). The highest BCUT2D eigenvalue weighted by Gasteiger charge is 2.26. The van der Waals surface area contributed by atoms with Crippen molar-refractivity contribution in [2.24, 2.45) is 0 Å². The van der Waals surface area contributed by atoms with Crippen molar-refractivity contribution in [1.82, 2.24) is 19.9 Å². The maximum Gasteiger partial charge on any atom is 0.254 e. The number of aromatic nitrogens is 2. The maximum absolute atomic E-state index is 12.6. The molecule has 0 bridgehead atoms. The van der Waals surface area contributed by atoms with Crippen LogP contribution in [0.4, 0.5) is 0 Å². The van der Waals surface area contributed by atoms with E-state index < -0.39 is 0 Å². The van der Waals surface area contributed by atoms with Crippen LogP contribution in [0, 0.1) is 6.92 Å². The van der Waals surface area contributed by atoms with Crippen LogP contribution in [0.15, 0.2) is 28.8 Å². The number of carbonyl (C=O) groups excluding carboxylic acids is 1. The molecular weight excluding hydrogens is 308 g/mol. The Kier molecular flexibility index (Phi) is 4.80. The number of carbonyl (C=O) groups is 1. The minimum absolute atomic E-state index is 0.0657. The molecule has 0 saturated carbocycles. The topological polar surface area (TPSA) is 71.7 Å². The van der Waals surface area contributed by atoms with Gasteiger partial charge in [0.2, 0.25) is 11.7 Å². The van der Waals surface area contributed by atoms with E-state index in [4.69, 9.17) is 9.26 Å². The summed E-state index contributed by atoms with van der Waals surface area (Å²) < 4.78 is 10.5. The molecule has 1 amide bonds. The maximum atomic E-state index is 12.6. The number of hydrogen-bond acceptors (Lipinski definition) is 6. The summed E-state index contributed by atoms with van der Waals surface area (Å²) in [5.41, 5.74) is 0.675. The summed E-state index contributed by atoms with van der Waals surface area (Å²) >= 11 is 0. The molecular formula is C17H22N4O3. The molecule has 1 aromatic heterocycles. The Morgan fingerprint density at radius 1 is 1.33 bits per heavy atom. The molecule has 128 valence electrons. The highest BCUT2D eigenvalue weighted by atomic mass is 16.5. The van der Waals surface area contributed by atoms with Gasteiger partial charge in [0, 0.05) is 38.2 Å². The number of nitrogens with zero attached hydrogens (tertiary/aromatic N) is 4. The zero-order valence-electron chi connectivity index (χ0n) is 14.2. The molecule has 2 heterocycles. The fourth-order valence-electron chi connectivity index (χ4n) is 2.85. The summed E-state index contributed by atoms with van der Waals surface area (Å²) in [5, 5.41) is 3.78. The van der Waals surface area contributed by atoms with Gasteiger partial charge >= 0.3 is 0 Å². The van der Waals surface area contributed by atoms with Crippen LogP contribution >= 0.6 is 0 Å². The Balaban J connectivity index is 1.60. The number of hydrogen-bond donors (Lipinski definition) is 0. The van der Waals surface area contributed by atoms with Gasteiger partial charge in [0.05, 0.1) is 0 Å². The second-order valence-electron chi connectivity index (χ2n) is 6.15. The Hall–Kier alpha value is -2.41. The quantitative estimate of drug-likeness (QED) is 0.850. The van der Waals surface area contributed by atoms with Crippen molar-refractivity contribution in [3.63, 3.8) is 0 Å². The van der Waals surface area contributed by atoms with Gasteiger partial charge in [-0.3, -0.25) is 4.79 Å². The lowest BCUT2D eigenvalue weighted by Crippen LogP contribution is -2.52. The fourth-order valence-corrected chi connectivity index (χ4v) is 2.85. The van der Waals surface area contributed by atoms with Gasteiger partial charge in [-0.2, -0.15) is 4.98 Å². The molecule has 0 N–H and O–H groups in total. The zero-order chi connectivity index (χ0) is 17.1. The van der Waals surface area contributed by atoms with Crippen LogP contribution < -0.4 is 4.74 Å². The van der Waals surface area contributed by atoms with Crippen LogP contribution in [0.1, 0.15) is 29.0 Å². The van der Waals surface area contributed by atoms with E-state index in [1.54, 1.807) is 31.2 Å². The van der Waals surface area contributed by atoms with Gasteiger partial charge in [-0.25, -0.2) is 0 Å². The molecule has 1 fully saturated rings. The van der Waals surface area contributed by atoms with Crippen molar-refractivity contribution in [3.8, 4) is 5.75 Å². The van der Waals surface area contributed by atoms with Gasteiger partial charge in [-0.05, 0) is 38.2 Å². The number of amides is 1. The van der Waals surface area contributed by atoms with Crippen LogP contribution in [0.5, 0.6) is 5.75 Å². The van der Waals surface area contributed by atoms with Gasteiger partial charge in [0.25, 0.3) is 5.91 Å². The fraction of sp³-hybridized carbons (Fsp3) is 0.471. The van der Waals surface area contributed by atoms with Crippen LogP contribution in [-0.2, 0) is 6.61 Å². The number of piperazine rings is 1. The van der Waals surface area contributed by atoms with E-state index in [0.717, 1.165) is 19.6 Å². The van der Waals surface area contributed by atoms with Crippen LogP contribution in [0.3, 0.4) is 0 Å². The average molecular weight is 330 g/mol. The van der Waals surface area contributed by atoms with E-state index in [9.17, 15) is 4.79 Å². The third-order valence-corrected chi connectivity index (χ3v) is 4.13. The third kappa shape index (κ3) is 3.73. The lowest BCUT2D eigenvalue weighted by molar-refractivity contribution is 0.0533. The SMILES string of the molecule is Cc1nc(COc2ccc(C(=O)N3CCN(C)CC3C)cc2)no1. The van der Waals surface area contributed by atoms with E-state index in [1.165, 1.54) is 0 Å². The standard InChI is InChI=1S/C17H22N4O3/c1-12-10-20(3)8-9-21(12)17(22)14-4-6-15(7-5-14)23-11-16-18-13(2)24-19-16/h4-7,12H,8-11H2,1-3H3. The number of benzene rings is 1. The second kappa shape index (κ2) is 7.00. The van der Waals surface area contributed by atoms with Crippen LogP contribution in [0.2, 0.25) is 0 Å². The Morgan fingerprint density at radius 2 is 2.08 bits per heavy atom. The highest BCUT2D eigenvalue weighted by Crippen LogP contribution is 2.17. The smallest absolute Gasteiger partial charge is 0.254 e. The van der Waals surface area contributed by atoms with E-state index in [1.807, 2.05) is 4.90 Å². The Bertz CT molecular complexity index is 698. The van der Waals surface area contributed by atoms with E-state index in [0.29, 0.717) is 23.0 Å². The van der Waals surface area contributed by atoms with Crippen molar-refractivity contribution in [2.75, 3.05) is 26.7 Å². The predicted molar refractivity (Wildman–Crippen MR) is 87.8 cm³/mol. The van der Waals surface area contributed by atoms with Gasteiger partial charge in [0.1, 0.15) is 5.75 Å². The first-order valence-corrected chi connectivity index (χ1v) is 8.04. The van der Waals surface area contributed by atoms with Gasteiger partial charge < -0.3 is 19.1 Å². The second-order valence-corrected chi connectivity index (χ2v) is 6.15. The Morgan fingerprint density at radius 3 is 2.71 bits per heavy atom. The highest BCUT2D eigenvalue weighted by molar-refractivity contribution is 5.94. The number of likely N-dealkylation sites (N-methyl/N-ethyl adjacent to an activating group) is 1. The molecule has 0 spiro atoms. The summed E-state index contributed by atoms with van der Waals surface area (Å²) in [6.07, 6.45) is 0. The lowest BCUT2D eigenvalue weighted by atomic mass is 10.1. The van der Waals surface area contributed by atoms with Gasteiger partial charge in [-0.1, -0.05) is 5.16 Å². The van der Waals surface area contributed by atoms with E-state index in [2.05, 4.69) is 29.0 Å². The first-order valence-electron chi connectivity index (χ1n) is 8.04. The molecule has 1 aliphatic heterocycles. The monoisotopic (exact) mass is 330 g/mol. The molecule has 2 aromatic rings. The average Bonchev–Trinajstić information content (AvgIpc) is 2.98. The Labute approximate surface area is 141 Å². The summed E-state index contributed by atoms with van der Waals surface area (Å²) in [7, 11) is 2.08. The molecule has 1 unspecified atom stereocenters. The lowest BCUT2D eigenvalue weighted by Gasteiger charge is -2.38. The molecule has 1 saturated heterocycles. The largest absolute Gasteiger partial charge is 0.485 e. The van der Waals surface area contributed by atoms with Crippen LogP contribution in [-0.4, -0.2) is 58.6 Å². The van der Waals surface area contributed by atoms with Crippen molar-refractivity contribution in [3.05, 3.63) is 41.5 Å². The van der Waals surface area contributed by atoms with Crippen molar-refractivity contribution < 1.29 is 14.1 Å². The predicted octanol–water partition coefficient (Wildman–Crippen LogP) is 1.73. The number of rotatable bonds is 4. The molecule has 1 aliphatic rings. The zero-order valence-corrected chi connectivity index (χ0v) is 14.2. The van der Waals surface area contributed by atoms with E-state index >= 15 is 0 Å². The summed E-state index contributed by atoms with van der Waals surface area (Å²) in [6, 6.07) is 7.39. The van der Waals surface area contributed by atoms with Gasteiger partial charge in [0.15, 0.2) is 6.61 Å². The minimum atomic E-state index is 0.0657. The summed E-state index contributed by atoms with van der Waals surface area (Å²) in [6.45, 7) is 6.61. The van der Waals surface area contributed by atoms with Crippen molar-refractivity contribution in [2.45, 2.75) is 26.5 Å². The van der Waals surface area contributed by atoms with Crippen molar-refractivity contribution in [1.29, 1.82) is 0 Å². The summed E-state index contributed by atoms with van der Waals surface area (Å²) in [4.78, 5) is 20.9. The molecule has 1 aromatic carbocycles. The normalized spacial score (nSPS) is 18.6. The minimum Gasteiger partial charge on any atom is -0.485 e. The summed E-state index contributed by atoms with van der Waals surface area (Å²) in [5.74, 6) is 1.74. The first-order chi connectivity index (χ1) is 11.5. The third-order valence-electron chi connectivity index (χ3n) is 4.13. The number of aryl methyl sites for hydroxylation is 1. The molecule has 0 radical (unpaired) electrons. The van der Waals surface area contributed by atoms with Crippen LogP contribution in [0.25, 0.3) is 0 Å². The van der Waals surface area contributed by atoms with E-state index in [-0.39, 0.29) is 18.6 Å². The molecule has 0 aliphatic carbocycles. The number of ether oxygens (including phenoxy) is 1.